The molecule has 0 N–H and O–H groups in total. The Labute approximate surface area is 186 Å². The molecule has 156 valence electrons. The van der Waals surface area contributed by atoms with Crippen LogP contribution < -0.4 is 14.2 Å². The molecule has 3 heterocycles. The first kappa shape index (κ1) is 19.8. The number of carbonyl (C=O) groups excluding carboxylic acids is 2. The van der Waals surface area contributed by atoms with Crippen molar-refractivity contribution in [2.45, 2.75) is 13.5 Å². The van der Waals surface area contributed by atoms with Gasteiger partial charge < -0.3 is 18.9 Å². The van der Waals surface area contributed by atoms with E-state index < -0.39 is 5.97 Å². The van der Waals surface area contributed by atoms with E-state index in [2.05, 4.69) is 0 Å². The van der Waals surface area contributed by atoms with E-state index in [4.69, 9.17) is 30.5 Å². The van der Waals surface area contributed by atoms with Gasteiger partial charge in [-0.15, -0.1) is 11.3 Å². The maximum atomic E-state index is 13.0. The fourth-order valence-corrected chi connectivity index (χ4v) is 4.39. The SMILES string of the molecule is Cc1cc(OC(=O)c2cccs2)cc2c1C(=O)/C(=C/c1cc(Cl)cc3c1OCOC3)O2. The van der Waals surface area contributed by atoms with Crippen LogP contribution in [0.25, 0.3) is 6.08 Å². The lowest BCUT2D eigenvalue weighted by Gasteiger charge is -2.20. The Morgan fingerprint density at radius 1 is 1.26 bits per heavy atom. The van der Waals surface area contributed by atoms with Crippen LogP contribution in [0.3, 0.4) is 0 Å². The van der Waals surface area contributed by atoms with Gasteiger partial charge in [-0.2, -0.15) is 0 Å². The predicted molar refractivity (Wildman–Crippen MR) is 115 cm³/mol. The van der Waals surface area contributed by atoms with Gasteiger partial charge >= 0.3 is 5.97 Å². The summed E-state index contributed by atoms with van der Waals surface area (Å²) in [6, 6.07) is 10.1. The molecule has 0 amide bonds. The summed E-state index contributed by atoms with van der Waals surface area (Å²) < 4.78 is 22.2. The van der Waals surface area contributed by atoms with E-state index in [0.717, 1.165) is 5.56 Å². The third-order valence-electron chi connectivity index (χ3n) is 4.87. The van der Waals surface area contributed by atoms with Gasteiger partial charge in [-0.05, 0) is 48.2 Å². The van der Waals surface area contributed by atoms with Crippen LogP contribution in [0, 0.1) is 6.92 Å². The van der Waals surface area contributed by atoms with Crippen molar-refractivity contribution >= 4 is 40.8 Å². The van der Waals surface area contributed by atoms with Crippen LogP contribution in [0.4, 0.5) is 0 Å². The first-order valence-corrected chi connectivity index (χ1v) is 10.6. The second kappa shape index (κ2) is 7.85. The third kappa shape index (κ3) is 3.72. The van der Waals surface area contributed by atoms with Gasteiger partial charge in [0, 0.05) is 22.2 Å². The van der Waals surface area contributed by atoms with Crippen LogP contribution in [0.2, 0.25) is 5.02 Å². The number of hydrogen-bond acceptors (Lipinski definition) is 7. The number of aryl methyl sites for hydroxylation is 1. The van der Waals surface area contributed by atoms with Gasteiger partial charge in [0.1, 0.15) is 22.1 Å². The van der Waals surface area contributed by atoms with Crippen LogP contribution in [0.15, 0.2) is 47.5 Å². The van der Waals surface area contributed by atoms with Gasteiger partial charge in [0.25, 0.3) is 0 Å². The van der Waals surface area contributed by atoms with Crippen LogP contribution in [-0.4, -0.2) is 18.5 Å². The second-order valence-corrected chi connectivity index (χ2v) is 8.40. The van der Waals surface area contributed by atoms with Crippen molar-refractivity contribution in [1.29, 1.82) is 0 Å². The van der Waals surface area contributed by atoms with E-state index in [0.29, 0.717) is 50.4 Å². The van der Waals surface area contributed by atoms with Crippen molar-refractivity contribution in [1.82, 2.24) is 0 Å². The summed E-state index contributed by atoms with van der Waals surface area (Å²) >= 11 is 7.51. The normalized spacial score (nSPS) is 15.8. The first-order valence-electron chi connectivity index (χ1n) is 9.37. The summed E-state index contributed by atoms with van der Waals surface area (Å²) in [4.78, 5) is 25.7. The lowest BCUT2D eigenvalue weighted by atomic mass is 10.0. The maximum absolute atomic E-state index is 13.0. The number of carbonyl (C=O) groups is 2. The maximum Gasteiger partial charge on any atom is 0.353 e. The van der Waals surface area contributed by atoms with E-state index in [1.165, 1.54) is 11.3 Å². The molecule has 31 heavy (non-hydrogen) atoms. The Morgan fingerprint density at radius 3 is 2.94 bits per heavy atom. The topological polar surface area (TPSA) is 71.1 Å². The lowest BCUT2D eigenvalue weighted by Crippen LogP contribution is -2.12. The fourth-order valence-electron chi connectivity index (χ4n) is 3.55. The molecule has 0 unspecified atom stereocenters. The van der Waals surface area contributed by atoms with Gasteiger partial charge in [0.05, 0.1) is 12.2 Å². The molecule has 6 nitrogen and oxygen atoms in total. The van der Waals surface area contributed by atoms with E-state index >= 15 is 0 Å². The van der Waals surface area contributed by atoms with Crippen LogP contribution in [0.5, 0.6) is 17.2 Å². The van der Waals surface area contributed by atoms with E-state index in [-0.39, 0.29) is 18.3 Å². The number of ketones is 1. The number of benzene rings is 2. The van der Waals surface area contributed by atoms with Crippen LogP contribution in [-0.2, 0) is 11.3 Å². The van der Waals surface area contributed by atoms with Crippen molar-refractivity contribution < 1.29 is 28.5 Å². The number of halogens is 1. The number of hydrogen-bond donors (Lipinski definition) is 0. The number of fused-ring (bicyclic) bond motifs is 2. The zero-order valence-corrected chi connectivity index (χ0v) is 17.8. The molecule has 0 aliphatic carbocycles. The van der Waals surface area contributed by atoms with Crippen molar-refractivity contribution in [3.63, 3.8) is 0 Å². The molecule has 0 fully saturated rings. The lowest BCUT2D eigenvalue weighted by molar-refractivity contribution is -0.0165. The third-order valence-corrected chi connectivity index (χ3v) is 5.93. The number of esters is 1. The average molecular weight is 455 g/mol. The van der Waals surface area contributed by atoms with Crippen LogP contribution >= 0.6 is 22.9 Å². The van der Waals surface area contributed by atoms with E-state index in [1.54, 1.807) is 54.8 Å². The molecule has 1 aromatic heterocycles. The van der Waals surface area contributed by atoms with Crippen molar-refractivity contribution in [2.75, 3.05) is 6.79 Å². The number of allylic oxidation sites excluding steroid dienone is 1. The number of thiophene rings is 1. The Morgan fingerprint density at radius 2 is 2.13 bits per heavy atom. The summed E-state index contributed by atoms with van der Waals surface area (Å²) in [5.41, 5.74) is 2.51. The highest BCUT2D eigenvalue weighted by atomic mass is 35.5. The van der Waals surface area contributed by atoms with Crippen molar-refractivity contribution in [3.8, 4) is 17.2 Å². The summed E-state index contributed by atoms with van der Waals surface area (Å²) in [5.74, 6) is 0.677. The molecule has 0 spiro atoms. The molecule has 0 saturated carbocycles. The number of ether oxygens (including phenoxy) is 4. The fraction of sp³-hybridized carbons (Fsp3) is 0.130. The van der Waals surface area contributed by atoms with Crippen LogP contribution in [0.1, 0.15) is 36.7 Å². The summed E-state index contributed by atoms with van der Waals surface area (Å²) in [5, 5.41) is 2.30. The number of rotatable bonds is 3. The minimum Gasteiger partial charge on any atom is -0.467 e. The largest absolute Gasteiger partial charge is 0.467 e. The van der Waals surface area contributed by atoms with Gasteiger partial charge in [-0.25, -0.2) is 4.79 Å². The predicted octanol–water partition coefficient (Wildman–Crippen LogP) is 5.41. The molecular weight excluding hydrogens is 440 g/mol. The van der Waals surface area contributed by atoms with Crippen molar-refractivity contribution in [3.05, 3.63) is 79.7 Å². The Bertz CT molecular complexity index is 1250. The highest BCUT2D eigenvalue weighted by Gasteiger charge is 2.31. The Balaban J connectivity index is 1.47. The molecule has 0 radical (unpaired) electrons. The smallest absolute Gasteiger partial charge is 0.353 e. The quantitative estimate of drug-likeness (QED) is 0.299. The standard InChI is InChI=1S/C23H15ClO6S/c1-12-5-16(29-23(26)19-3-2-4-31-19)9-17-20(12)21(25)18(30-17)8-13-6-15(24)7-14-10-27-11-28-22(13)14/h2-9H,10-11H2,1H3/b18-8-. The monoisotopic (exact) mass is 454 g/mol. The van der Waals surface area contributed by atoms with Gasteiger partial charge in [-0.3, -0.25) is 4.79 Å². The zero-order chi connectivity index (χ0) is 21.5. The molecule has 2 aromatic carbocycles. The molecule has 3 aromatic rings. The minimum absolute atomic E-state index is 0.123. The molecule has 8 heteroatoms. The molecule has 0 atom stereocenters. The molecule has 2 aliphatic rings. The van der Waals surface area contributed by atoms with Gasteiger partial charge in [0.2, 0.25) is 5.78 Å². The summed E-state index contributed by atoms with van der Waals surface area (Å²) in [6.07, 6.45) is 1.61. The molecule has 2 aliphatic heterocycles. The molecular formula is C23H15ClO6S. The average Bonchev–Trinajstić information content (AvgIpc) is 3.37. The molecule has 0 saturated heterocycles. The first-order chi connectivity index (χ1) is 15.0. The molecule has 5 rings (SSSR count). The van der Waals surface area contributed by atoms with Gasteiger partial charge in [0.15, 0.2) is 12.6 Å². The Kier molecular flexibility index (Phi) is 5.02. The number of Topliss-reactive ketones (excluding diaryl/α,β-unsaturated/α-hetero) is 1. The highest BCUT2D eigenvalue weighted by molar-refractivity contribution is 7.12. The second-order valence-electron chi connectivity index (χ2n) is 7.01. The minimum atomic E-state index is -0.459. The summed E-state index contributed by atoms with van der Waals surface area (Å²) in [7, 11) is 0. The van der Waals surface area contributed by atoms with E-state index in [1.807, 2.05) is 0 Å². The van der Waals surface area contributed by atoms with Crippen molar-refractivity contribution in [2.24, 2.45) is 0 Å². The zero-order valence-electron chi connectivity index (χ0n) is 16.3. The summed E-state index contributed by atoms with van der Waals surface area (Å²) in [6.45, 7) is 2.27. The van der Waals surface area contributed by atoms with Gasteiger partial charge in [-0.1, -0.05) is 17.7 Å². The molecule has 0 bridgehead atoms. The Hall–Kier alpha value is -3.13. The highest BCUT2D eigenvalue weighted by Crippen LogP contribution is 2.39. The van der Waals surface area contributed by atoms with E-state index in [9.17, 15) is 9.59 Å².